The number of halogens is 1. The minimum absolute atomic E-state index is 0.0213. The lowest BCUT2D eigenvalue weighted by molar-refractivity contribution is 0.286. The second-order valence-corrected chi connectivity index (χ2v) is 5.74. The highest BCUT2D eigenvalue weighted by molar-refractivity contribution is 6.18. The van der Waals surface area contributed by atoms with Gasteiger partial charge in [0, 0.05) is 17.6 Å². The number of alkyl halides is 1. The molecule has 0 radical (unpaired) electrons. The second kappa shape index (κ2) is 5.87. The highest BCUT2D eigenvalue weighted by atomic mass is 35.5. The molecule has 100 valence electrons. The van der Waals surface area contributed by atoms with E-state index in [0.29, 0.717) is 5.88 Å². The van der Waals surface area contributed by atoms with Crippen LogP contribution in [0, 0.1) is 5.92 Å². The van der Waals surface area contributed by atoms with Crippen molar-refractivity contribution in [3.8, 4) is 0 Å². The maximum Gasteiger partial charge on any atom is 0.130 e. The van der Waals surface area contributed by atoms with E-state index in [-0.39, 0.29) is 5.54 Å². The van der Waals surface area contributed by atoms with E-state index in [1.165, 1.54) is 12.8 Å². The summed E-state index contributed by atoms with van der Waals surface area (Å²) in [5, 5.41) is 3.56. The van der Waals surface area contributed by atoms with Crippen LogP contribution in [-0.4, -0.2) is 21.4 Å². The topological polar surface area (TPSA) is 37.8 Å². The summed E-state index contributed by atoms with van der Waals surface area (Å²) in [6.45, 7) is 4.42. The van der Waals surface area contributed by atoms with Gasteiger partial charge in [-0.2, -0.15) is 0 Å². The number of hydrogen-bond donors (Lipinski definition) is 1. The van der Waals surface area contributed by atoms with Gasteiger partial charge in [0.05, 0.1) is 5.54 Å². The van der Waals surface area contributed by atoms with E-state index in [1.807, 2.05) is 6.07 Å². The van der Waals surface area contributed by atoms with Gasteiger partial charge in [-0.3, -0.25) is 0 Å². The first kappa shape index (κ1) is 13.6. The van der Waals surface area contributed by atoms with Crippen molar-refractivity contribution in [3.05, 3.63) is 18.1 Å². The molecule has 1 aromatic rings. The van der Waals surface area contributed by atoms with Gasteiger partial charge in [0.1, 0.15) is 12.1 Å². The molecule has 18 heavy (non-hydrogen) atoms. The van der Waals surface area contributed by atoms with Gasteiger partial charge in [0.25, 0.3) is 0 Å². The summed E-state index contributed by atoms with van der Waals surface area (Å²) in [4.78, 5) is 8.54. The first-order valence-corrected chi connectivity index (χ1v) is 7.36. The van der Waals surface area contributed by atoms with Gasteiger partial charge in [0.15, 0.2) is 0 Å². The normalized spacial score (nSPS) is 28.1. The maximum atomic E-state index is 6.20. The Morgan fingerprint density at radius 2 is 2.11 bits per heavy atom. The number of nitrogens with one attached hydrogen (secondary N) is 1. The number of hydrogen-bond acceptors (Lipinski definition) is 3. The first-order chi connectivity index (χ1) is 8.67. The van der Waals surface area contributed by atoms with Crippen LogP contribution in [0.1, 0.15) is 45.2 Å². The summed E-state index contributed by atoms with van der Waals surface area (Å²) in [5.41, 5.74) is 1.09. The van der Waals surface area contributed by atoms with Crippen molar-refractivity contribution in [2.75, 3.05) is 11.2 Å². The number of nitrogens with zero attached hydrogens (tertiary/aromatic N) is 2. The molecule has 1 fully saturated rings. The van der Waals surface area contributed by atoms with Crippen LogP contribution in [-0.2, 0) is 6.42 Å². The third-order valence-electron chi connectivity index (χ3n) is 3.97. The van der Waals surface area contributed by atoms with E-state index < -0.39 is 0 Å². The maximum absolute atomic E-state index is 6.20. The van der Waals surface area contributed by atoms with Crippen molar-refractivity contribution < 1.29 is 0 Å². The highest BCUT2D eigenvalue weighted by Crippen LogP contribution is 2.35. The van der Waals surface area contributed by atoms with Gasteiger partial charge >= 0.3 is 0 Å². The number of aryl methyl sites for hydroxylation is 1. The molecule has 1 aromatic heterocycles. The van der Waals surface area contributed by atoms with Crippen LogP contribution >= 0.6 is 11.6 Å². The molecular weight excluding hydrogens is 246 g/mol. The van der Waals surface area contributed by atoms with Crippen LogP contribution in [0.15, 0.2) is 12.4 Å². The molecular formula is C14H22ClN3. The average molecular weight is 268 g/mol. The molecule has 2 rings (SSSR count). The van der Waals surface area contributed by atoms with Gasteiger partial charge in [-0.1, -0.05) is 13.8 Å². The van der Waals surface area contributed by atoms with Gasteiger partial charge < -0.3 is 5.32 Å². The highest BCUT2D eigenvalue weighted by Gasteiger charge is 2.33. The van der Waals surface area contributed by atoms with E-state index in [9.17, 15) is 0 Å². The third kappa shape index (κ3) is 3.14. The number of aromatic nitrogens is 2. The van der Waals surface area contributed by atoms with Gasteiger partial charge in [-0.15, -0.1) is 11.6 Å². The lowest BCUT2D eigenvalue weighted by Gasteiger charge is -2.39. The third-order valence-corrected chi connectivity index (χ3v) is 4.48. The van der Waals surface area contributed by atoms with E-state index in [1.54, 1.807) is 6.33 Å². The summed E-state index contributed by atoms with van der Waals surface area (Å²) >= 11 is 6.20. The molecule has 1 heterocycles. The van der Waals surface area contributed by atoms with Crippen molar-refractivity contribution in [2.45, 2.75) is 51.5 Å². The molecule has 1 N–H and O–H groups in total. The Bertz CT molecular complexity index is 386. The predicted molar refractivity (Wildman–Crippen MR) is 76.1 cm³/mol. The second-order valence-electron chi connectivity index (χ2n) is 5.47. The lowest BCUT2D eigenvalue weighted by atomic mass is 9.78. The number of anilines is 1. The molecule has 0 spiro atoms. The molecule has 0 unspecified atom stereocenters. The smallest absolute Gasteiger partial charge is 0.130 e. The van der Waals surface area contributed by atoms with E-state index in [0.717, 1.165) is 36.7 Å². The van der Waals surface area contributed by atoms with Crippen LogP contribution in [0.4, 0.5) is 5.82 Å². The molecule has 4 heteroatoms. The Morgan fingerprint density at radius 3 is 2.72 bits per heavy atom. The molecule has 1 aliphatic rings. The standard InChI is InChI=1S/C14H22ClN3/c1-3-12-8-13(17-10-16-12)18-14(9-15)6-4-11(2)5-7-14/h8,10-11H,3-7,9H2,1-2H3,(H,16,17,18). The Hall–Kier alpha value is -0.830. The average Bonchev–Trinajstić information content (AvgIpc) is 2.42. The Labute approximate surface area is 114 Å². The fourth-order valence-electron chi connectivity index (χ4n) is 2.54. The molecule has 0 aliphatic heterocycles. The number of rotatable bonds is 4. The van der Waals surface area contributed by atoms with Gasteiger partial charge in [-0.25, -0.2) is 9.97 Å². The van der Waals surface area contributed by atoms with Crippen LogP contribution in [0.2, 0.25) is 0 Å². The summed E-state index contributed by atoms with van der Waals surface area (Å²) < 4.78 is 0. The molecule has 0 bridgehead atoms. The largest absolute Gasteiger partial charge is 0.363 e. The summed E-state index contributed by atoms with van der Waals surface area (Å²) in [5.74, 6) is 2.38. The van der Waals surface area contributed by atoms with Crippen LogP contribution in [0.25, 0.3) is 0 Å². The fourth-order valence-corrected chi connectivity index (χ4v) is 2.87. The van der Waals surface area contributed by atoms with E-state index in [4.69, 9.17) is 11.6 Å². The Morgan fingerprint density at radius 1 is 1.39 bits per heavy atom. The molecule has 1 saturated carbocycles. The summed E-state index contributed by atoms with van der Waals surface area (Å²) in [7, 11) is 0. The summed E-state index contributed by atoms with van der Waals surface area (Å²) in [6.07, 6.45) is 7.31. The van der Waals surface area contributed by atoms with Crippen molar-refractivity contribution in [3.63, 3.8) is 0 Å². The Kier molecular flexibility index (Phi) is 4.44. The van der Waals surface area contributed by atoms with Crippen LogP contribution in [0.5, 0.6) is 0 Å². The molecule has 0 aromatic carbocycles. The quantitative estimate of drug-likeness (QED) is 0.847. The lowest BCUT2D eigenvalue weighted by Crippen LogP contribution is -2.43. The zero-order chi connectivity index (χ0) is 13.0. The minimum Gasteiger partial charge on any atom is -0.363 e. The molecule has 0 amide bonds. The van der Waals surface area contributed by atoms with E-state index in [2.05, 4.69) is 29.1 Å². The summed E-state index contributed by atoms with van der Waals surface area (Å²) in [6, 6.07) is 2.03. The first-order valence-electron chi connectivity index (χ1n) is 6.82. The van der Waals surface area contributed by atoms with Crippen LogP contribution < -0.4 is 5.32 Å². The Balaban J connectivity index is 2.09. The van der Waals surface area contributed by atoms with Crippen LogP contribution in [0.3, 0.4) is 0 Å². The molecule has 0 saturated heterocycles. The molecule has 0 atom stereocenters. The van der Waals surface area contributed by atoms with Crippen molar-refractivity contribution >= 4 is 17.4 Å². The minimum atomic E-state index is 0.0213. The zero-order valence-electron chi connectivity index (χ0n) is 11.2. The predicted octanol–water partition coefficient (Wildman–Crippen LogP) is 3.64. The van der Waals surface area contributed by atoms with Crippen molar-refractivity contribution in [1.82, 2.24) is 9.97 Å². The molecule has 1 aliphatic carbocycles. The molecule has 3 nitrogen and oxygen atoms in total. The van der Waals surface area contributed by atoms with E-state index >= 15 is 0 Å². The van der Waals surface area contributed by atoms with Crippen molar-refractivity contribution in [1.29, 1.82) is 0 Å². The fraction of sp³-hybridized carbons (Fsp3) is 0.714. The van der Waals surface area contributed by atoms with Crippen molar-refractivity contribution in [2.24, 2.45) is 5.92 Å². The van der Waals surface area contributed by atoms with Gasteiger partial charge in [-0.05, 0) is 38.0 Å². The SMILES string of the molecule is CCc1cc(NC2(CCl)CCC(C)CC2)ncn1. The zero-order valence-corrected chi connectivity index (χ0v) is 12.0. The monoisotopic (exact) mass is 267 g/mol. The van der Waals surface area contributed by atoms with Gasteiger partial charge in [0.2, 0.25) is 0 Å².